The van der Waals surface area contributed by atoms with Gasteiger partial charge >= 0.3 is 0 Å². The highest BCUT2D eigenvalue weighted by Crippen LogP contribution is 2.41. The van der Waals surface area contributed by atoms with E-state index in [0.717, 1.165) is 48.0 Å². The van der Waals surface area contributed by atoms with Crippen LogP contribution in [-0.2, 0) is 10.7 Å². The molecule has 1 saturated heterocycles. The zero-order valence-corrected chi connectivity index (χ0v) is 21.4. The highest BCUT2D eigenvalue weighted by molar-refractivity contribution is 7.72. The summed E-state index contributed by atoms with van der Waals surface area (Å²) >= 11 is 6.21. The number of halogens is 1. The van der Waals surface area contributed by atoms with Crippen LogP contribution in [0.1, 0.15) is 19.8 Å². The van der Waals surface area contributed by atoms with Gasteiger partial charge in [-0.2, -0.15) is 0 Å². The molecule has 7 nitrogen and oxygen atoms in total. The van der Waals surface area contributed by atoms with Gasteiger partial charge in [0.1, 0.15) is 4.90 Å². The summed E-state index contributed by atoms with van der Waals surface area (Å²) in [6.07, 6.45) is 3.43. The van der Waals surface area contributed by atoms with Crippen LogP contribution in [-0.4, -0.2) is 63.7 Å². The van der Waals surface area contributed by atoms with Crippen LogP contribution in [0.2, 0.25) is 5.02 Å². The van der Waals surface area contributed by atoms with Crippen molar-refractivity contribution in [2.45, 2.75) is 30.7 Å². The topological polar surface area (TPSA) is 83.0 Å². The van der Waals surface area contributed by atoms with Crippen LogP contribution in [0.3, 0.4) is 0 Å². The Morgan fingerprint density at radius 3 is 2.50 bits per heavy atom. The lowest BCUT2D eigenvalue weighted by Gasteiger charge is -2.38. The number of benzene rings is 2. The fourth-order valence-electron chi connectivity index (χ4n) is 4.74. The summed E-state index contributed by atoms with van der Waals surface area (Å²) in [4.78, 5) is 9.07. The van der Waals surface area contributed by atoms with Gasteiger partial charge in [0.2, 0.25) is 0 Å². The maximum absolute atomic E-state index is 12.2. The Balaban J connectivity index is 1.80. The number of methoxy groups -OCH3 is 1. The molecular weight excluding hydrogens is 474 g/mol. The number of ether oxygens (including phenoxy) is 1. The van der Waals surface area contributed by atoms with Crippen molar-refractivity contribution in [3.05, 3.63) is 41.6 Å². The molecule has 4 rings (SSSR count). The minimum atomic E-state index is -2.82. The Morgan fingerprint density at radius 1 is 1.18 bits per heavy atom. The summed E-state index contributed by atoms with van der Waals surface area (Å²) in [7, 11) is 2.85. The third-order valence-corrected chi connectivity index (χ3v) is 7.96. The first kappa shape index (κ1) is 24.6. The number of phenolic OH excluding ortho intramolecular Hbond substituents is 1. The first-order valence-corrected chi connectivity index (χ1v) is 12.8. The average molecular weight is 504 g/mol. The maximum atomic E-state index is 12.2. The zero-order chi connectivity index (χ0) is 24.6. The van der Waals surface area contributed by atoms with Crippen molar-refractivity contribution in [2.24, 2.45) is 5.92 Å². The molecule has 182 valence electrons. The molecule has 1 fully saturated rings. The van der Waals surface area contributed by atoms with Gasteiger partial charge in [-0.1, -0.05) is 17.7 Å². The molecule has 0 amide bonds. The van der Waals surface area contributed by atoms with Crippen LogP contribution in [0.25, 0.3) is 22.0 Å². The second-order valence-corrected chi connectivity index (χ2v) is 10.4. The highest BCUT2D eigenvalue weighted by atomic mass is 35.5. The third-order valence-electron chi connectivity index (χ3n) is 6.95. The van der Waals surface area contributed by atoms with E-state index < -0.39 is 10.7 Å². The Hall–Kier alpha value is -2.55. The molecule has 0 radical (unpaired) electrons. The first-order valence-electron chi connectivity index (χ1n) is 11.3. The Kier molecular flexibility index (Phi) is 7.21. The van der Waals surface area contributed by atoms with Gasteiger partial charge in [-0.05, 0) is 75.2 Å². The van der Waals surface area contributed by atoms with E-state index in [1.165, 1.54) is 13.3 Å². The number of pyridine rings is 1. The molecule has 0 bridgehead atoms. The highest BCUT2D eigenvalue weighted by Gasteiger charge is 2.28. The quantitative estimate of drug-likeness (QED) is 0.482. The molecule has 9 heteroatoms. The van der Waals surface area contributed by atoms with Gasteiger partial charge in [0, 0.05) is 30.7 Å². The number of hydrogen-bond acceptors (Lipinski definition) is 7. The molecular formula is C25H30ClN3O4S. The lowest BCUT2D eigenvalue weighted by atomic mass is 9.89. The van der Waals surface area contributed by atoms with Crippen LogP contribution < -0.4 is 9.64 Å². The largest absolute Gasteiger partial charge is 0.503 e. The molecule has 1 atom stereocenters. The lowest BCUT2D eigenvalue weighted by molar-refractivity contribution is 0.199. The van der Waals surface area contributed by atoms with Crippen molar-refractivity contribution in [1.82, 2.24) is 9.88 Å². The number of aromatic hydroxyl groups is 1. The van der Waals surface area contributed by atoms with Gasteiger partial charge in [-0.3, -0.25) is 4.98 Å². The summed E-state index contributed by atoms with van der Waals surface area (Å²) in [6.45, 7) is 3.80. The Labute approximate surface area is 206 Å². The van der Waals surface area contributed by atoms with E-state index in [0.29, 0.717) is 17.6 Å². The van der Waals surface area contributed by atoms with Crippen LogP contribution in [0.4, 0.5) is 5.69 Å². The minimum Gasteiger partial charge on any atom is -0.503 e. The van der Waals surface area contributed by atoms with E-state index in [1.54, 1.807) is 12.1 Å². The maximum Gasteiger partial charge on any atom is 0.176 e. The van der Waals surface area contributed by atoms with Crippen molar-refractivity contribution < 1.29 is 18.3 Å². The summed E-state index contributed by atoms with van der Waals surface area (Å²) < 4.78 is 29.6. The number of thiol groups is 1. The number of fused-ring (bicyclic) bond motifs is 1. The van der Waals surface area contributed by atoms with Gasteiger partial charge in [-0.25, -0.2) is 8.42 Å². The van der Waals surface area contributed by atoms with Gasteiger partial charge in [0.25, 0.3) is 0 Å². The van der Waals surface area contributed by atoms with Crippen molar-refractivity contribution in [1.29, 1.82) is 0 Å². The number of piperidine rings is 1. The SMILES string of the molecule is COc1cc(-c2ccc3ncc([SH](=O)=O)c(N4CCC(C(C)N(C)C)CC4)c3c2)cc(Cl)c1O. The fraction of sp³-hybridized carbons (Fsp3) is 0.400. The smallest absolute Gasteiger partial charge is 0.176 e. The molecule has 2 heterocycles. The lowest BCUT2D eigenvalue weighted by Crippen LogP contribution is -2.41. The summed E-state index contributed by atoms with van der Waals surface area (Å²) in [5.41, 5.74) is 3.00. The monoisotopic (exact) mass is 503 g/mol. The third kappa shape index (κ3) is 4.67. The molecule has 2 aromatic carbocycles. The van der Waals surface area contributed by atoms with E-state index in [2.05, 4.69) is 35.8 Å². The van der Waals surface area contributed by atoms with Crippen LogP contribution >= 0.6 is 11.6 Å². The van der Waals surface area contributed by atoms with E-state index in [9.17, 15) is 13.5 Å². The molecule has 0 spiro atoms. The van der Waals surface area contributed by atoms with Crippen molar-refractivity contribution in [3.63, 3.8) is 0 Å². The van der Waals surface area contributed by atoms with Crippen molar-refractivity contribution in [2.75, 3.05) is 39.2 Å². The van der Waals surface area contributed by atoms with Crippen LogP contribution in [0.5, 0.6) is 11.5 Å². The second kappa shape index (κ2) is 9.98. The predicted octanol–water partition coefficient (Wildman–Crippen LogP) is 4.41. The number of phenols is 1. The van der Waals surface area contributed by atoms with Crippen LogP contribution in [0.15, 0.2) is 41.4 Å². The van der Waals surface area contributed by atoms with Gasteiger partial charge < -0.3 is 19.6 Å². The summed E-state index contributed by atoms with van der Waals surface area (Å²) in [5, 5.41) is 11.1. The summed E-state index contributed by atoms with van der Waals surface area (Å²) in [5.74, 6) is 0.719. The average Bonchev–Trinajstić information content (AvgIpc) is 2.84. The molecule has 1 aliphatic rings. The van der Waals surface area contributed by atoms with Gasteiger partial charge in [0.15, 0.2) is 22.2 Å². The van der Waals surface area contributed by atoms with Crippen molar-refractivity contribution >= 4 is 38.9 Å². The molecule has 1 unspecified atom stereocenters. The van der Waals surface area contributed by atoms with Gasteiger partial charge in [0.05, 0.1) is 23.3 Å². The number of hydrogen-bond donors (Lipinski definition) is 2. The fourth-order valence-corrected chi connectivity index (χ4v) is 5.53. The van der Waals surface area contributed by atoms with Crippen LogP contribution in [0, 0.1) is 5.92 Å². The first-order chi connectivity index (χ1) is 16.2. The molecule has 1 N–H and O–H groups in total. The number of aromatic nitrogens is 1. The van der Waals surface area contributed by atoms with E-state index in [1.807, 2.05) is 18.2 Å². The zero-order valence-electron chi connectivity index (χ0n) is 19.8. The van der Waals surface area contributed by atoms with E-state index in [4.69, 9.17) is 16.3 Å². The Morgan fingerprint density at radius 2 is 1.88 bits per heavy atom. The van der Waals surface area contributed by atoms with Crippen molar-refractivity contribution in [3.8, 4) is 22.6 Å². The second-order valence-electron chi connectivity index (χ2n) is 9.02. The predicted molar refractivity (Wildman–Crippen MR) is 137 cm³/mol. The Bertz CT molecular complexity index is 1280. The van der Waals surface area contributed by atoms with E-state index in [-0.39, 0.29) is 21.4 Å². The molecule has 0 saturated carbocycles. The normalized spacial score (nSPS) is 15.9. The van der Waals surface area contributed by atoms with E-state index >= 15 is 0 Å². The molecule has 1 aliphatic heterocycles. The molecule has 3 aromatic rings. The minimum absolute atomic E-state index is 0.114. The summed E-state index contributed by atoms with van der Waals surface area (Å²) in [6, 6.07) is 9.57. The van der Waals surface area contributed by atoms with Gasteiger partial charge in [-0.15, -0.1) is 0 Å². The standard InChI is InChI=1S/C25H30ClN3O4S/c1-15(28(2)3)16-7-9-29(10-8-16)24-19-11-17(5-6-21(19)27-14-23(24)34(31)32)18-12-20(26)25(30)22(13-18)33-4/h5-6,11-16,30,34H,7-10H2,1-4H3. The molecule has 0 aliphatic carbocycles. The molecule has 1 aromatic heterocycles. The molecule has 34 heavy (non-hydrogen) atoms. The number of anilines is 1. The number of nitrogens with zero attached hydrogens (tertiary/aromatic N) is 3. The number of rotatable bonds is 6.